The Morgan fingerprint density at radius 3 is 2.34 bits per heavy atom. The number of aliphatic hydroxyl groups is 1. The second-order valence-corrected chi connectivity index (χ2v) is 26.4. The van der Waals surface area contributed by atoms with Gasteiger partial charge in [-0.3, -0.25) is 23.0 Å². The van der Waals surface area contributed by atoms with E-state index < -0.39 is 78.2 Å². The number of carbonyl (C=O) groups is 1. The van der Waals surface area contributed by atoms with Gasteiger partial charge in [-0.15, -0.1) is 0 Å². The number of phosphoric ester groups is 2. The molecule has 1 amide bonds. The number of carbonyl (C=O) groups excluding carboxylic acids is 1. The van der Waals surface area contributed by atoms with Crippen molar-refractivity contribution in [3.8, 4) is 22.6 Å². The molecule has 5 atom stereocenters. The van der Waals surface area contributed by atoms with E-state index in [1.807, 2.05) is 85.5 Å². The number of hydrogen-bond acceptors (Lipinski definition) is 19. The van der Waals surface area contributed by atoms with E-state index >= 15 is 0 Å². The number of imidazole rings is 1. The summed E-state index contributed by atoms with van der Waals surface area (Å²) >= 11 is 0. The van der Waals surface area contributed by atoms with E-state index in [2.05, 4.69) is 48.5 Å². The average Bonchev–Trinajstić information content (AvgIpc) is 1.61. The van der Waals surface area contributed by atoms with Crippen LogP contribution >= 0.6 is 15.6 Å². The Balaban J connectivity index is 0.956. The summed E-state index contributed by atoms with van der Waals surface area (Å²) in [6, 6.07) is 20.0. The van der Waals surface area contributed by atoms with Crippen molar-refractivity contribution in [1.29, 1.82) is 0 Å². The van der Waals surface area contributed by atoms with Gasteiger partial charge in [0.25, 0.3) is 10.1 Å². The quantitative estimate of drug-likeness (QED) is 0.0126. The maximum absolute atomic E-state index is 13.5. The minimum atomic E-state index is -5.30. The van der Waals surface area contributed by atoms with Crippen LogP contribution in [0.4, 0.5) is 17.5 Å². The number of amides is 1. The third-order valence-electron chi connectivity index (χ3n) is 15.2. The number of nitrogens with one attached hydrogen (secondary N) is 2. The van der Waals surface area contributed by atoms with Crippen molar-refractivity contribution in [1.82, 2.24) is 29.4 Å². The molecule has 10 N–H and O–H groups in total. The Labute approximate surface area is 497 Å². The van der Waals surface area contributed by atoms with Gasteiger partial charge in [-0.2, -0.15) is 8.42 Å². The SMILES string of the molecule is CC[N+](CC)=c1ccc2c(/C=C/C=C3\N(CCCS(=O)(=O)[O-])c4ccc(S(=O)(=O)O)cc4C3(C)CCCC(=O)NCCCCCCNc3nc4c(N)ncnc4n3[C@@H]3O[C@H](COP(=O)(O)O)[C@@H](O)[C@H]3OP(=O)(O)O)c(C)c(-c3ccccc3)oc-2c1. The molecule has 27 nitrogen and oxygen atoms in total. The zero-order chi connectivity index (χ0) is 62.4. The third kappa shape index (κ3) is 15.9. The molecular formula is C55H71N9O18P2S2. The van der Waals surface area contributed by atoms with Crippen LogP contribution < -0.4 is 31.2 Å². The van der Waals surface area contributed by atoms with Crippen molar-refractivity contribution in [2.45, 2.75) is 114 Å². The summed E-state index contributed by atoms with van der Waals surface area (Å²) < 4.78 is 120. The number of aliphatic hydroxyl groups excluding tert-OH is 1. The molecule has 4 aliphatic rings. The molecule has 2 aromatic carbocycles. The Hall–Kier alpha value is -6.27. The minimum absolute atomic E-state index is 0.0163. The lowest BCUT2D eigenvalue weighted by Gasteiger charge is -2.30. The van der Waals surface area contributed by atoms with Crippen LogP contribution in [0.25, 0.3) is 39.9 Å². The first-order valence-electron chi connectivity index (χ1n) is 27.8. The van der Waals surface area contributed by atoms with Gasteiger partial charge in [0.15, 0.2) is 23.2 Å². The molecule has 0 spiro atoms. The lowest BCUT2D eigenvalue weighted by molar-refractivity contribution is -0.121. The van der Waals surface area contributed by atoms with E-state index in [1.165, 1.54) is 16.7 Å². The number of anilines is 3. The van der Waals surface area contributed by atoms with Crippen LogP contribution in [0.1, 0.15) is 95.1 Å². The summed E-state index contributed by atoms with van der Waals surface area (Å²) in [6.07, 6.45) is 3.11. The number of unbranched alkanes of at least 4 members (excludes halogenated alkanes) is 3. The first-order valence-corrected chi connectivity index (χ1v) is 33.9. The first kappa shape index (κ1) is 65.7. The number of benzene rings is 3. The number of hydrogen-bond donors (Lipinski definition) is 9. The van der Waals surface area contributed by atoms with E-state index in [0.29, 0.717) is 73.5 Å². The fourth-order valence-corrected chi connectivity index (χ4v) is 12.9. The van der Waals surface area contributed by atoms with Gasteiger partial charge in [0, 0.05) is 71.4 Å². The van der Waals surface area contributed by atoms with Crippen molar-refractivity contribution in [3.05, 3.63) is 113 Å². The first-order chi connectivity index (χ1) is 40.6. The Morgan fingerprint density at radius 2 is 1.66 bits per heavy atom. The number of nitrogens with zero attached hydrogens (tertiary/aromatic N) is 6. The molecule has 2 aromatic heterocycles. The molecule has 8 rings (SSSR count). The van der Waals surface area contributed by atoms with Gasteiger partial charge in [0.05, 0.1) is 27.7 Å². The third-order valence-corrected chi connectivity index (χ3v) is 17.8. The van der Waals surface area contributed by atoms with Crippen LogP contribution in [0.15, 0.2) is 100 Å². The van der Waals surface area contributed by atoms with Crippen molar-refractivity contribution in [2.24, 2.45) is 0 Å². The monoisotopic (exact) mass is 1270 g/mol. The van der Waals surface area contributed by atoms with Crippen molar-refractivity contribution in [3.63, 3.8) is 0 Å². The van der Waals surface area contributed by atoms with E-state index in [-0.39, 0.29) is 59.7 Å². The number of allylic oxidation sites excluding steroid dienone is 3. The van der Waals surface area contributed by atoms with Crippen LogP contribution in [0.3, 0.4) is 0 Å². The number of aromatic nitrogens is 4. The van der Waals surface area contributed by atoms with Gasteiger partial charge in [-0.1, -0.05) is 55.3 Å². The van der Waals surface area contributed by atoms with Crippen LogP contribution in [-0.4, -0.2) is 139 Å². The van der Waals surface area contributed by atoms with E-state index in [9.17, 15) is 64.5 Å². The Morgan fingerprint density at radius 1 is 0.942 bits per heavy atom. The normalized spacial score (nSPS) is 19.8. The maximum atomic E-state index is 13.5. The molecule has 1 fully saturated rings. The van der Waals surface area contributed by atoms with Gasteiger partial charge < -0.3 is 59.7 Å². The molecule has 4 aromatic rings. The highest BCUT2D eigenvalue weighted by molar-refractivity contribution is 7.86. The molecular weight excluding hydrogens is 1200 g/mol. The van der Waals surface area contributed by atoms with Crippen LogP contribution in [0.5, 0.6) is 0 Å². The van der Waals surface area contributed by atoms with Gasteiger partial charge in [0.1, 0.15) is 49.2 Å². The Bertz CT molecular complexity index is 3870. The summed E-state index contributed by atoms with van der Waals surface area (Å²) in [5.74, 6) is 0.411. The van der Waals surface area contributed by atoms with Crippen molar-refractivity contribution >= 4 is 76.5 Å². The van der Waals surface area contributed by atoms with Crippen LogP contribution in [0, 0.1) is 6.92 Å². The number of ether oxygens (including phenoxy) is 1. The number of nitrogens with two attached hydrogens (primary N) is 1. The summed E-state index contributed by atoms with van der Waals surface area (Å²) in [5, 5.41) is 18.1. The molecule has 0 saturated carbocycles. The molecule has 5 heterocycles. The van der Waals surface area contributed by atoms with Crippen molar-refractivity contribution in [2.75, 3.05) is 61.0 Å². The number of phosphoric acid groups is 2. The molecule has 1 unspecified atom stereocenters. The zero-order valence-electron chi connectivity index (χ0n) is 47.6. The molecule has 86 heavy (non-hydrogen) atoms. The topological polar surface area (TPSA) is 405 Å². The fraction of sp³-hybridized carbons (Fsp3) is 0.436. The molecule has 1 aliphatic carbocycles. The largest absolute Gasteiger partial charge is 0.748 e. The second-order valence-electron chi connectivity index (χ2n) is 21.0. The fourth-order valence-electron chi connectivity index (χ4n) is 11.0. The molecule has 0 bridgehead atoms. The number of nitrogen functional groups attached to an aromatic ring is 1. The van der Waals surface area contributed by atoms with Gasteiger partial charge in [-0.25, -0.2) is 37.1 Å². The molecule has 3 aliphatic heterocycles. The lowest BCUT2D eigenvalue weighted by Crippen LogP contribution is -2.35. The molecule has 31 heteroatoms. The standard InChI is InChI=1S/C55H71N9O18P2S2/c1-5-62(6-2)37-22-24-40-39(35(3)49(80-43(40)31-37)36-17-10-9-11-18-36)19-14-20-45-55(4,41-32-38(86(76,77)78)23-25-42(41)63(45)29-16-30-85(73,74)75)26-15-21-46(65)57-27-12-7-8-13-28-58-54-61-47-51(56)59-34-60-52(47)64(54)53-50(82-84(70,71)72)48(66)44(81-53)33-79-83(67,68)69/h9-11,14,17-20,22-25,31-32,34,44,48,50,53,66H,5-8,12-13,15-16,21,26-30,33H2,1-4H3,(H9-,56,57,58,59,60,61,65,67,68,69,70,71,72,73,74,75,76,77,78)/t44-,48-,50-,53-,55?/m1/s1. The van der Waals surface area contributed by atoms with E-state index in [0.717, 1.165) is 47.0 Å². The zero-order valence-corrected chi connectivity index (χ0v) is 51.1. The number of fused-ring (bicyclic) bond motifs is 3. The highest BCUT2D eigenvalue weighted by atomic mass is 32.2. The lowest BCUT2D eigenvalue weighted by atomic mass is 9.77. The number of rotatable bonds is 28. The smallest absolute Gasteiger partial charge is 0.470 e. The van der Waals surface area contributed by atoms with E-state index in [1.54, 1.807) is 6.07 Å². The minimum Gasteiger partial charge on any atom is -0.748 e. The summed E-state index contributed by atoms with van der Waals surface area (Å²) in [7, 11) is -19.6. The van der Waals surface area contributed by atoms with E-state index in [4.69, 9.17) is 19.4 Å². The summed E-state index contributed by atoms with van der Waals surface area (Å²) in [5.41, 5.74) is 10.3. The highest BCUT2D eigenvalue weighted by Gasteiger charge is 2.50. The van der Waals surface area contributed by atoms with Crippen LogP contribution in [0.2, 0.25) is 0 Å². The van der Waals surface area contributed by atoms with Crippen molar-refractivity contribution < 1.29 is 82.7 Å². The average molecular weight is 1270 g/mol. The maximum Gasteiger partial charge on any atom is 0.470 e. The molecule has 466 valence electrons. The second kappa shape index (κ2) is 27.4. The van der Waals surface area contributed by atoms with Gasteiger partial charge >= 0.3 is 15.6 Å². The molecule has 1 saturated heterocycles. The summed E-state index contributed by atoms with van der Waals surface area (Å²) in [4.78, 5) is 65.5. The van der Waals surface area contributed by atoms with Crippen LogP contribution in [-0.2, 0) is 53.4 Å². The summed E-state index contributed by atoms with van der Waals surface area (Å²) in [6.45, 7) is 9.42. The van der Waals surface area contributed by atoms with Gasteiger partial charge in [0.2, 0.25) is 17.2 Å². The van der Waals surface area contributed by atoms with Gasteiger partial charge in [-0.05, 0) is 101 Å². The Kier molecular flexibility index (Phi) is 20.9. The predicted molar refractivity (Wildman–Crippen MR) is 317 cm³/mol. The molecule has 0 radical (unpaired) electrons. The predicted octanol–water partition coefficient (Wildman–Crippen LogP) is 5.56. The highest BCUT2D eigenvalue weighted by Crippen LogP contribution is 2.52.